The van der Waals surface area contributed by atoms with Gasteiger partial charge in [0.2, 0.25) is 0 Å². The maximum atomic E-state index is 12.9. The van der Waals surface area contributed by atoms with Crippen LogP contribution in [-0.4, -0.2) is 52.3 Å². The van der Waals surface area contributed by atoms with Crippen LogP contribution in [0, 0.1) is 0 Å². The van der Waals surface area contributed by atoms with E-state index in [4.69, 9.17) is 16.4 Å². The smallest absolute Gasteiger partial charge is 0.277 e. The summed E-state index contributed by atoms with van der Waals surface area (Å²) in [4.78, 5) is 33.9. The Bertz CT molecular complexity index is 1050. The lowest BCUT2D eigenvalue weighted by Crippen LogP contribution is -2.52. The van der Waals surface area contributed by atoms with Gasteiger partial charge in [-0.25, -0.2) is 5.06 Å². The molecule has 2 amide bonds. The van der Waals surface area contributed by atoms with E-state index in [9.17, 15) is 14.7 Å². The van der Waals surface area contributed by atoms with Gasteiger partial charge in [0.25, 0.3) is 11.8 Å². The molecule has 2 aromatic carbocycles. The van der Waals surface area contributed by atoms with Crippen LogP contribution < -0.4 is 5.32 Å². The number of rotatable bonds is 6. The SMILES string of the molecule is O=C(N[C@@H](Cc1ccccc1)[C@@H](O)C(=O)N1CCCO1)c1cc2cc(Cl)ccc2[nH]1. The van der Waals surface area contributed by atoms with Gasteiger partial charge in [-0.2, -0.15) is 0 Å². The van der Waals surface area contributed by atoms with E-state index in [2.05, 4.69) is 10.3 Å². The third-order valence-electron chi connectivity index (χ3n) is 5.07. The molecule has 7 nitrogen and oxygen atoms in total. The summed E-state index contributed by atoms with van der Waals surface area (Å²) in [5, 5.41) is 16.1. The fourth-order valence-corrected chi connectivity index (χ4v) is 3.70. The molecule has 156 valence electrons. The number of aliphatic hydroxyl groups excluding tert-OH is 1. The molecule has 30 heavy (non-hydrogen) atoms. The first-order valence-electron chi connectivity index (χ1n) is 9.77. The number of H-pyrrole nitrogens is 1. The highest BCUT2D eigenvalue weighted by atomic mass is 35.5. The van der Waals surface area contributed by atoms with Crippen molar-refractivity contribution in [1.29, 1.82) is 0 Å². The van der Waals surface area contributed by atoms with E-state index in [0.717, 1.165) is 16.5 Å². The minimum Gasteiger partial charge on any atom is -0.381 e. The lowest BCUT2D eigenvalue weighted by atomic mass is 10.00. The first-order valence-corrected chi connectivity index (χ1v) is 10.1. The number of benzene rings is 2. The number of aromatic nitrogens is 1. The fourth-order valence-electron chi connectivity index (χ4n) is 3.52. The van der Waals surface area contributed by atoms with Gasteiger partial charge < -0.3 is 15.4 Å². The maximum Gasteiger partial charge on any atom is 0.277 e. The van der Waals surface area contributed by atoms with Crippen LogP contribution in [0.25, 0.3) is 10.9 Å². The molecular weight excluding hydrogens is 406 g/mol. The number of amides is 2. The second-order valence-electron chi connectivity index (χ2n) is 7.26. The highest BCUT2D eigenvalue weighted by Crippen LogP contribution is 2.20. The third-order valence-corrected chi connectivity index (χ3v) is 5.31. The number of nitrogens with one attached hydrogen (secondary N) is 2. The average molecular weight is 428 g/mol. The molecule has 3 aromatic rings. The number of aliphatic hydroxyl groups is 1. The Labute approximate surface area is 178 Å². The van der Waals surface area contributed by atoms with Crippen molar-refractivity contribution in [1.82, 2.24) is 15.4 Å². The number of halogens is 1. The Kier molecular flexibility index (Phi) is 6.03. The quantitative estimate of drug-likeness (QED) is 0.563. The summed E-state index contributed by atoms with van der Waals surface area (Å²) in [6.07, 6.45) is -0.434. The number of fused-ring (bicyclic) bond motifs is 1. The molecule has 2 atom stereocenters. The van der Waals surface area contributed by atoms with Crippen molar-refractivity contribution in [3.8, 4) is 0 Å². The molecule has 1 aliphatic heterocycles. The molecule has 0 unspecified atom stereocenters. The predicted molar refractivity (Wildman–Crippen MR) is 113 cm³/mol. The number of hydrogen-bond acceptors (Lipinski definition) is 4. The van der Waals surface area contributed by atoms with Crippen molar-refractivity contribution in [2.75, 3.05) is 13.2 Å². The van der Waals surface area contributed by atoms with Crippen molar-refractivity contribution in [2.24, 2.45) is 0 Å². The summed E-state index contributed by atoms with van der Waals surface area (Å²) in [7, 11) is 0. The Morgan fingerprint density at radius 3 is 2.73 bits per heavy atom. The van der Waals surface area contributed by atoms with Crippen LogP contribution in [-0.2, 0) is 16.1 Å². The average Bonchev–Trinajstić information content (AvgIpc) is 3.42. The summed E-state index contributed by atoms with van der Waals surface area (Å²) >= 11 is 6.02. The third kappa shape index (κ3) is 4.48. The van der Waals surface area contributed by atoms with E-state index < -0.39 is 24.0 Å². The van der Waals surface area contributed by atoms with Gasteiger partial charge in [0.05, 0.1) is 19.2 Å². The number of nitrogens with zero attached hydrogens (tertiary/aromatic N) is 1. The normalized spacial score (nSPS) is 15.9. The maximum absolute atomic E-state index is 12.9. The van der Waals surface area contributed by atoms with Gasteiger partial charge in [-0.3, -0.25) is 14.4 Å². The minimum absolute atomic E-state index is 0.291. The number of carbonyl (C=O) groups is 2. The predicted octanol–water partition coefficient (Wildman–Crippen LogP) is 2.69. The van der Waals surface area contributed by atoms with E-state index in [1.165, 1.54) is 5.06 Å². The van der Waals surface area contributed by atoms with Gasteiger partial charge in [0.15, 0.2) is 6.10 Å². The topological polar surface area (TPSA) is 94.7 Å². The van der Waals surface area contributed by atoms with Crippen molar-refractivity contribution < 1.29 is 19.5 Å². The molecule has 4 rings (SSSR count). The van der Waals surface area contributed by atoms with Crippen LogP contribution in [0.4, 0.5) is 0 Å². The molecule has 1 aromatic heterocycles. The summed E-state index contributed by atoms with van der Waals surface area (Å²) < 4.78 is 0. The molecule has 0 aliphatic carbocycles. The number of hydrogen-bond donors (Lipinski definition) is 3. The van der Waals surface area contributed by atoms with Gasteiger partial charge in [-0.1, -0.05) is 41.9 Å². The monoisotopic (exact) mass is 427 g/mol. The number of aromatic amines is 1. The Hall–Kier alpha value is -2.87. The van der Waals surface area contributed by atoms with Crippen LogP contribution in [0.3, 0.4) is 0 Å². The first-order chi connectivity index (χ1) is 14.5. The lowest BCUT2D eigenvalue weighted by Gasteiger charge is -2.26. The zero-order valence-electron chi connectivity index (χ0n) is 16.2. The van der Waals surface area contributed by atoms with E-state index in [1.54, 1.807) is 24.3 Å². The van der Waals surface area contributed by atoms with Crippen molar-refractivity contribution in [3.63, 3.8) is 0 Å². The Morgan fingerprint density at radius 2 is 2.00 bits per heavy atom. The van der Waals surface area contributed by atoms with E-state index in [-0.39, 0.29) is 0 Å². The summed E-state index contributed by atoms with van der Waals surface area (Å²) in [5.74, 6) is -0.977. The second kappa shape index (κ2) is 8.87. The van der Waals surface area contributed by atoms with E-state index >= 15 is 0 Å². The summed E-state index contributed by atoms with van der Waals surface area (Å²) in [6.45, 7) is 0.858. The molecular formula is C22H22ClN3O4. The molecule has 3 N–H and O–H groups in total. The molecule has 8 heteroatoms. The first kappa shape index (κ1) is 20.4. The van der Waals surface area contributed by atoms with Crippen LogP contribution >= 0.6 is 11.6 Å². The highest BCUT2D eigenvalue weighted by Gasteiger charge is 2.33. The molecule has 0 saturated carbocycles. The van der Waals surface area contributed by atoms with Crippen LogP contribution in [0.5, 0.6) is 0 Å². The summed E-state index contributed by atoms with van der Waals surface area (Å²) in [5.41, 5.74) is 1.98. The zero-order valence-corrected chi connectivity index (χ0v) is 16.9. The standard InChI is InChI=1S/C22H22ClN3O4/c23-16-7-8-17-15(12-16)13-19(24-17)21(28)25-18(11-14-5-2-1-3-6-14)20(27)22(29)26-9-4-10-30-26/h1-3,5-8,12-13,18,20,24,27H,4,9-11H2,(H,25,28)/t18-,20+/m0/s1. The largest absolute Gasteiger partial charge is 0.381 e. The molecule has 0 bridgehead atoms. The van der Waals surface area contributed by atoms with Gasteiger partial charge >= 0.3 is 0 Å². The minimum atomic E-state index is -1.44. The van der Waals surface area contributed by atoms with Gasteiger partial charge in [-0.15, -0.1) is 0 Å². The zero-order chi connectivity index (χ0) is 21.1. The van der Waals surface area contributed by atoms with Crippen molar-refractivity contribution >= 4 is 34.3 Å². The van der Waals surface area contributed by atoms with Crippen LogP contribution in [0.15, 0.2) is 54.6 Å². The lowest BCUT2D eigenvalue weighted by molar-refractivity contribution is -0.179. The fraction of sp³-hybridized carbons (Fsp3) is 0.273. The number of hydroxylamine groups is 2. The van der Waals surface area contributed by atoms with Crippen molar-refractivity contribution in [3.05, 3.63) is 70.9 Å². The van der Waals surface area contributed by atoms with Gasteiger partial charge in [0.1, 0.15) is 5.69 Å². The molecule has 1 fully saturated rings. The van der Waals surface area contributed by atoms with Gasteiger partial charge in [0, 0.05) is 15.9 Å². The van der Waals surface area contributed by atoms with Crippen molar-refractivity contribution in [2.45, 2.75) is 25.0 Å². The van der Waals surface area contributed by atoms with Gasteiger partial charge in [-0.05, 0) is 42.7 Å². The van der Waals surface area contributed by atoms with Crippen LogP contribution in [0.2, 0.25) is 5.02 Å². The van der Waals surface area contributed by atoms with E-state index in [1.807, 2.05) is 30.3 Å². The second-order valence-corrected chi connectivity index (χ2v) is 7.69. The molecule has 1 aliphatic rings. The summed E-state index contributed by atoms with van der Waals surface area (Å²) in [6, 6.07) is 15.5. The molecule has 1 saturated heterocycles. The Balaban J connectivity index is 1.55. The van der Waals surface area contributed by atoms with Crippen LogP contribution in [0.1, 0.15) is 22.5 Å². The molecule has 0 radical (unpaired) electrons. The van der Waals surface area contributed by atoms with E-state index in [0.29, 0.717) is 36.7 Å². The highest BCUT2D eigenvalue weighted by molar-refractivity contribution is 6.31. The molecule has 2 heterocycles. The molecule has 0 spiro atoms. The number of carbonyl (C=O) groups excluding carboxylic acids is 2. The Morgan fingerprint density at radius 1 is 1.20 bits per heavy atom.